The first-order valence-corrected chi connectivity index (χ1v) is 12.8. The Hall–Kier alpha value is -3.29. The van der Waals surface area contributed by atoms with Gasteiger partial charge in [-0.15, -0.1) is 0 Å². The minimum absolute atomic E-state index is 0.00325. The lowest BCUT2D eigenvalue weighted by atomic mass is 9.59. The molecule has 0 radical (unpaired) electrons. The summed E-state index contributed by atoms with van der Waals surface area (Å²) in [6.45, 7) is 0. The Labute approximate surface area is 220 Å². The van der Waals surface area contributed by atoms with E-state index in [0.29, 0.717) is 33.8 Å². The Morgan fingerprint density at radius 2 is 1.67 bits per heavy atom. The number of hydrogen-bond acceptors (Lipinski definition) is 5. The van der Waals surface area contributed by atoms with Crippen molar-refractivity contribution < 1.29 is 24.3 Å². The lowest BCUT2D eigenvalue weighted by Crippen LogP contribution is -2.39. The third-order valence-electron chi connectivity index (χ3n) is 7.66. The average molecular weight is 565 g/mol. The summed E-state index contributed by atoms with van der Waals surface area (Å²) in [5, 5.41) is 11.2. The molecular formula is C28H19BrClNO5. The summed E-state index contributed by atoms with van der Waals surface area (Å²) in [7, 11) is 0. The average Bonchev–Trinajstić information content (AvgIpc) is 3.12. The highest BCUT2D eigenvalue weighted by Crippen LogP contribution is 2.56. The number of ketones is 2. The predicted octanol–water partition coefficient (Wildman–Crippen LogP) is 5.01. The number of imide groups is 1. The molecule has 2 amide bonds. The van der Waals surface area contributed by atoms with Gasteiger partial charge in [-0.25, -0.2) is 0 Å². The summed E-state index contributed by atoms with van der Waals surface area (Å²) in [4.78, 5) is 54.8. The molecule has 1 N–H and O–H groups in total. The van der Waals surface area contributed by atoms with Gasteiger partial charge in [0.2, 0.25) is 11.8 Å². The van der Waals surface area contributed by atoms with Crippen molar-refractivity contribution in [3.05, 3.63) is 92.5 Å². The number of phenolic OH excluding ortho intramolecular Hbond substituents is 1. The van der Waals surface area contributed by atoms with Crippen molar-refractivity contribution in [1.82, 2.24) is 0 Å². The first-order valence-electron chi connectivity index (χ1n) is 11.6. The molecule has 36 heavy (non-hydrogen) atoms. The van der Waals surface area contributed by atoms with Gasteiger partial charge >= 0.3 is 0 Å². The van der Waals surface area contributed by atoms with Gasteiger partial charge in [-0.3, -0.25) is 24.1 Å². The number of aromatic hydroxyl groups is 1. The van der Waals surface area contributed by atoms with Crippen LogP contribution >= 0.6 is 27.5 Å². The van der Waals surface area contributed by atoms with Crippen LogP contribution in [0.2, 0.25) is 5.02 Å². The zero-order valence-corrected chi connectivity index (χ0v) is 21.1. The maximum absolute atomic E-state index is 13.8. The molecule has 1 saturated heterocycles. The molecule has 0 aromatic heterocycles. The van der Waals surface area contributed by atoms with Gasteiger partial charge in [-0.2, -0.15) is 0 Å². The number of allylic oxidation sites excluding steroid dienone is 6. The maximum Gasteiger partial charge on any atom is 0.238 e. The molecule has 4 unspecified atom stereocenters. The van der Waals surface area contributed by atoms with Crippen LogP contribution in [0.4, 0.5) is 5.69 Å². The Morgan fingerprint density at radius 3 is 2.39 bits per heavy atom. The standard InChI is InChI=1S/C28H19BrClNO5/c29-20-12-22(33)25-19(26(20)34)11-18-15(23(25)16-3-1-2-4-21(16)32)9-10-17-24(18)28(36)31(27(17)35)14-7-5-13(30)6-8-14/h1-9,12,17-18,23-24,32H,10-11H2. The molecule has 6 nitrogen and oxygen atoms in total. The first-order chi connectivity index (χ1) is 17.3. The summed E-state index contributed by atoms with van der Waals surface area (Å²) in [5.41, 5.74) is 2.40. The molecule has 2 aromatic rings. The Morgan fingerprint density at radius 1 is 0.944 bits per heavy atom. The van der Waals surface area contributed by atoms with Crippen LogP contribution in [-0.2, 0) is 19.2 Å². The second kappa shape index (κ2) is 8.39. The van der Waals surface area contributed by atoms with Crippen LogP contribution in [0.15, 0.2) is 81.9 Å². The molecular weight excluding hydrogens is 546 g/mol. The molecule has 4 aliphatic rings. The van der Waals surface area contributed by atoms with Crippen molar-refractivity contribution in [2.75, 3.05) is 4.90 Å². The minimum Gasteiger partial charge on any atom is -0.508 e. The number of benzene rings is 2. The van der Waals surface area contributed by atoms with E-state index in [2.05, 4.69) is 15.9 Å². The number of amides is 2. The number of rotatable bonds is 2. The molecule has 4 atom stereocenters. The maximum atomic E-state index is 13.8. The van der Waals surface area contributed by atoms with Gasteiger partial charge < -0.3 is 5.11 Å². The number of carbonyl (C=O) groups is 4. The van der Waals surface area contributed by atoms with Crippen LogP contribution in [0.25, 0.3) is 0 Å². The van der Waals surface area contributed by atoms with Crippen LogP contribution < -0.4 is 4.90 Å². The third kappa shape index (κ3) is 3.29. The fourth-order valence-electron chi connectivity index (χ4n) is 6.14. The molecule has 0 spiro atoms. The van der Waals surface area contributed by atoms with Gasteiger partial charge in [-0.1, -0.05) is 41.4 Å². The molecule has 8 heteroatoms. The molecule has 1 aliphatic heterocycles. The van der Waals surface area contributed by atoms with E-state index in [1.54, 1.807) is 48.5 Å². The molecule has 1 heterocycles. The predicted molar refractivity (Wildman–Crippen MR) is 137 cm³/mol. The fourth-order valence-corrected chi connectivity index (χ4v) is 6.71. The number of para-hydroxylation sites is 1. The van der Waals surface area contributed by atoms with E-state index in [-0.39, 0.29) is 40.0 Å². The van der Waals surface area contributed by atoms with E-state index in [1.165, 1.54) is 11.0 Å². The SMILES string of the molecule is O=C1C=C(Br)C(=O)C2=C1C(c1ccccc1O)C1=CCC3C(=O)N(c4ccc(Cl)cc4)C(=O)C3C1C2. The highest BCUT2D eigenvalue weighted by molar-refractivity contribution is 9.12. The van der Waals surface area contributed by atoms with E-state index >= 15 is 0 Å². The van der Waals surface area contributed by atoms with Crippen LogP contribution in [0.5, 0.6) is 5.75 Å². The monoisotopic (exact) mass is 563 g/mol. The first kappa shape index (κ1) is 23.1. The summed E-state index contributed by atoms with van der Waals surface area (Å²) >= 11 is 9.21. The molecule has 6 rings (SSSR count). The van der Waals surface area contributed by atoms with E-state index in [1.807, 2.05) is 6.08 Å². The number of Topliss-reactive ketones (excluding diaryl/α,β-unsaturated/α-hetero) is 1. The molecule has 180 valence electrons. The summed E-state index contributed by atoms with van der Waals surface area (Å²) in [5.74, 6) is -3.60. The third-order valence-corrected chi connectivity index (χ3v) is 8.50. The highest BCUT2D eigenvalue weighted by atomic mass is 79.9. The van der Waals surface area contributed by atoms with E-state index < -0.39 is 23.7 Å². The number of fused-ring (bicyclic) bond motifs is 3. The van der Waals surface area contributed by atoms with Gasteiger partial charge in [0.25, 0.3) is 0 Å². The van der Waals surface area contributed by atoms with Crippen molar-refractivity contribution in [3.63, 3.8) is 0 Å². The Bertz CT molecular complexity index is 1470. The van der Waals surface area contributed by atoms with Gasteiger partial charge in [0, 0.05) is 33.7 Å². The molecule has 1 fully saturated rings. The lowest BCUT2D eigenvalue weighted by Gasteiger charge is -2.42. The Balaban J connectivity index is 1.49. The van der Waals surface area contributed by atoms with E-state index in [0.717, 1.165) is 5.57 Å². The summed E-state index contributed by atoms with van der Waals surface area (Å²) in [6, 6.07) is 13.3. The fraction of sp³-hybridized carbons (Fsp3) is 0.214. The van der Waals surface area contributed by atoms with Crippen molar-refractivity contribution in [2.45, 2.75) is 18.8 Å². The van der Waals surface area contributed by atoms with Gasteiger partial charge in [0.15, 0.2) is 11.6 Å². The quantitative estimate of drug-likeness (QED) is 0.315. The molecule has 0 saturated carbocycles. The largest absolute Gasteiger partial charge is 0.508 e. The van der Waals surface area contributed by atoms with Gasteiger partial charge in [-0.05, 0) is 65.0 Å². The van der Waals surface area contributed by atoms with Crippen molar-refractivity contribution in [1.29, 1.82) is 0 Å². The number of hydrogen-bond donors (Lipinski definition) is 1. The van der Waals surface area contributed by atoms with E-state index in [4.69, 9.17) is 11.6 Å². The number of halogens is 2. The van der Waals surface area contributed by atoms with Gasteiger partial charge in [0.1, 0.15) is 5.75 Å². The van der Waals surface area contributed by atoms with Crippen molar-refractivity contribution in [3.8, 4) is 5.75 Å². The van der Waals surface area contributed by atoms with Crippen LogP contribution in [-0.4, -0.2) is 28.5 Å². The van der Waals surface area contributed by atoms with E-state index in [9.17, 15) is 24.3 Å². The summed E-state index contributed by atoms with van der Waals surface area (Å²) < 4.78 is 0.165. The zero-order valence-electron chi connectivity index (χ0n) is 18.8. The zero-order chi connectivity index (χ0) is 25.3. The van der Waals surface area contributed by atoms with Crippen molar-refractivity contribution >= 4 is 56.6 Å². The second-order valence-electron chi connectivity index (χ2n) is 9.44. The smallest absolute Gasteiger partial charge is 0.238 e. The number of nitrogens with zero attached hydrogens (tertiary/aromatic N) is 1. The van der Waals surface area contributed by atoms with Crippen LogP contribution in [0, 0.1) is 17.8 Å². The Kier molecular flexibility index (Phi) is 5.39. The normalized spacial score (nSPS) is 27.4. The highest BCUT2D eigenvalue weighted by Gasteiger charge is 2.56. The van der Waals surface area contributed by atoms with Crippen molar-refractivity contribution in [2.24, 2.45) is 17.8 Å². The number of carbonyl (C=O) groups excluding carboxylic acids is 4. The molecule has 0 bridgehead atoms. The minimum atomic E-state index is -0.679. The molecule has 2 aromatic carbocycles. The summed E-state index contributed by atoms with van der Waals surface area (Å²) in [6.07, 6.45) is 3.70. The number of phenols is 1. The van der Waals surface area contributed by atoms with Crippen LogP contribution in [0.1, 0.15) is 24.3 Å². The molecule has 3 aliphatic carbocycles. The van der Waals surface area contributed by atoms with Crippen LogP contribution in [0.3, 0.4) is 0 Å². The number of anilines is 1. The second-order valence-corrected chi connectivity index (χ2v) is 10.7. The topological polar surface area (TPSA) is 91.8 Å². The van der Waals surface area contributed by atoms with Gasteiger partial charge in [0.05, 0.1) is 22.0 Å². The lowest BCUT2D eigenvalue weighted by molar-refractivity contribution is -0.123.